The summed E-state index contributed by atoms with van der Waals surface area (Å²) in [6, 6.07) is 3.75. The summed E-state index contributed by atoms with van der Waals surface area (Å²) >= 11 is 0. The molecule has 5 nitrogen and oxygen atoms in total. The Balaban J connectivity index is 2.70. The smallest absolute Gasteiger partial charge is 0.150 e. The average molecular weight is 220 g/mol. The van der Waals surface area contributed by atoms with Crippen molar-refractivity contribution in [2.75, 3.05) is 17.7 Å². The first-order valence-electron chi connectivity index (χ1n) is 5.21. The maximum absolute atomic E-state index is 8.80. The number of aliphatic hydroxyl groups excluding tert-OH is 1. The van der Waals surface area contributed by atoms with E-state index < -0.39 is 0 Å². The van der Waals surface area contributed by atoms with Crippen LogP contribution in [0.2, 0.25) is 0 Å². The summed E-state index contributed by atoms with van der Waals surface area (Å²) in [5.41, 5.74) is 6.57. The molecule has 0 saturated heterocycles. The zero-order chi connectivity index (χ0) is 12.0. The molecule has 0 saturated carbocycles. The maximum Gasteiger partial charge on any atom is 0.150 e. The number of aliphatic hydroxyl groups is 1. The molecule has 0 fully saturated rings. The molecule has 0 amide bonds. The molecule has 1 atom stereocenters. The van der Waals surface area contributed by atoms with E-state index in [1.807, 2.05) is 13.0 Å². The SMILES string of the molecule is CC(CCCO)Nc1nccc(C#N)c1N. The van der Waals surface area contributed by atoms with Gasteiger partial charge in [-0.3, -0.25) is 0 Å². The van der Waals surface area contributed by atoms with Gasteiger partial charge in [0.15, 0.2) is 5.82 Å². The highest BCUT2D eigenvalue weighted by atomic mass is 16.2. The van der Waals surface area contributed by atoms with Crippen LogP contribution < -0.4 is 11.1 Å². The van der Waals surface area contributed by atoms with Crippen molar-refractivity contribution in [2.24, 2.45) is 0 Å². The Morgan fingerprint density at radius 2 is 2.44 bits per heavy atom. The van der Waals surface area contributed by atoms with Crippen molar-refractivity contribution in [3.05, 3.63) is 17.8 Å². The van der Waals surface area contributed by atoms with Crippen molar-refractivity contribution in [1.82, 2.24) is 4.98 Å². The summed E-state index contributed by atoms with van der Waals surface area (Å²) in [6.07, 6.45) is 3.11. The molecule has 1 rings (SSSR count). The van der Waals surface area contributed by atoms with Crippen molar-refractivity contribution in [1.29, 1.82) is 5.26 Å². The lowest BCUT2D eigenvalue weighted by Crippen LogP contribution is -2.17. The molecule has 16 heavy (non-hydrogen) atoms. The van der Waals surface area contributed by atoms with Gasteiger partial charge in [0.1, 0.15) is 6.07 Å². The van der Waals surface area contributed by atoms with Gasteiger partial charge >= 0.3 is 0 Å². The number of anilines is 2. The minimum Gasteiger partial charge on any atom is -0.396 e. The maximum atomic E-state index is 8.80. The lowest BCUT2D eigenvalue weighted by Gasteiger charge is -2.15. The summed E-state index contributed by atoms with van der Waals surface area (Å²) in [4.78, 5) is 4.09. The number of nitrogens with two attached hydrogens (primary N) is 1. The van der Waals surface area contributed by atoms with E-state index in [1.165, 1.54) is 0 Å². The van der Waals surface area contributed by atoms with Gasteiger partial charge in [0.2, 0.25) is 0 Å². The minimum atomic E-state index is 0.163. The molecule has 0 aliphatic rings. The summed E-state index contributed by atoms with van der Waals surface area (Å²) in [6.45, 7) is 2.16. The molecule has 1 heterocycles. The first kappa shape index (κ1) is 12.3. The molecule has 1 unspecified atom stereocenters. The van der Waals surface area contributed by atoms with E-state index in [-0.39, 0.29) is 12.6 Å². The Morgan fingerprint density at radius 1 is 1.69 bits per heavy atom. The highest BCUT2D eigenvalue weighted by Gasteiger charge is 2.08. The van der Waals surface area contributed by atoms with Gasteiger partial charge < -0.3 is 16.2 Å². The Bertz CT molecular complexity index is 386. The van der Waals surface area contributed by atoms with Crippen LogP contribution in [-0.4, -0.2) is 22.7 Å². The standard InChI is InChI=1S/C11H16N4O/c1-8(3-2-6-16)15-11-10(13)9(7-12)4-5-14-11/h4-5,8,16H,2-3,6,13H2,1H3,(H,14,15). The van der Waals surface area contributed by atoms with Crippen LogP contribution in [0.3, 0.4) is 0 Å². The fourth-order valence-corrected chi connectivity index (χ4v) is 1.39. The van der Waals surface area contributed by atoms with Crippen LogP contribution in [0.15, 0.2) is 12.3 Å². The molecule has 1 aromatic rings. The van der Waals surface area contributed by atoms with E-state index >= 15 is 0 Å². The van der Waals surface area contributed by atoms with Crippen LogP contribution in [0.1, 0.15) is 25.3 Å². The predicted octanol–water partition coefficient (Wildman–Crippen LogP) is 1.11. The molecule has 0 spiro atoms. The quantitative estimate of drug-likeness (QED) is 0.690. The van der Waals surface area contributed by atoms with Crippen LogP contribution in [0.4, 0.5) is 11.5 Å². The minimum absolute atomic E-state index is 0.163. The number of hydrogen-bond donors (Lipinski definition) is 3. The Hall–Kier alpha value is -1.80. The molecule has 5 heteroatoms. The average Bonchev–Trinajstić information content (AvgIpc) is 2.29. The largest absolute Gasteiger partial charge is 0.396 e. The number of nitrogen functional groups attached to an aromatic ring is 1. The molecule has 0 aliphatic heterocycles. The Labute approximate surface area is 94.9 Å². The Morgan fingerprint density at radius 3 is 3.06 bits per heavy atom. The summed E-state index contributed by atoms with van der Waals surface area (Å²) < 4.78 is 0. The van der Waals surface area contributed by atoms with Gasteiger partial charge in [-0.1, -0.05) is 0 Å². The topological polar surface area (TPSA) is 95.0 Å². The second-order valence-corrected chi connectivity index (χ2v) is 3.64. The predicted molar refractivity (Wildman–Crippen MR) is 62.8 cm³/mol. The van der Waals surface area contributed by atoms with Crippen LogP contribution in [0.5, 0.6) is 0 Å². The molecular weight excluding hydrogens is 204 g/mol. The van der Waals surface area contributed by atoms with Crippen molar-refractivity contribution >= 4 is 11.5 Å². The van der Waals surface area contributed by atoms with Crippen molar-refractivity contribution in [3.8, 4) is 6.07 Å². The lowest BCUT2D eigenvalue weighted by atomic mass is 10.1. The monoisotopic (exact) mass is 220 g/mol. The van der Waals surface area contributed by atoms with Gasteiger partial charge in [-0.2, -0.15) is 5.26 Å². The second kappa shape index (κ2) is 5.93. The fraction of sp³-hybridized carbons (Fsp3) is 0.455. The molecule has 0 bridgehead atoms. The van der Waals surface area contributed by atoms with E-state index in [4.69, 9.17) is 16.1 Å². The van der Waals surface area contributed by atoms with Gasteiger partial charge in [-0.05, 0) is 25.8 Å². The number of rotatable bonds is 5. The molecule has 4 N–H and O–H groups in total. The number of nitrogens with one attached hydrogen (secondary N) is 1. The zero-order valence-electron chi connectivity index (χ0n) is 9.27. The summed E-state index contributed by atoms with van der Waals surface area (Å²) in [5, 5.41) is 20.6. The summed E-state index contributed by atoms with van der Waals surface area (Å²) in [5.74, 6) is 0.532. The van der Waals surface area contributed by atoms with Crippen LogP contribution >= 0.6 is 0 Å². The van der Waals surface area contributed by atoms with Crippen LogP contribution in [-0.2, 0) is 0 Å². The third-order valence-corrected chi connectivity index (χ3v) is 2.29. The van der Waals surface area contributed by atoms with Crippen molar-refractivity contribution in [3.63, 3.8) is 0 Å². The van der Waals surface area contributed by atoms with Gasteiger partial charge in [0, 0.05) is 18.8 Å². The van der Waals surface area contributed by atoms with Crippen LogP contribution in [0, 0.1) is 11.3 Å². The third-order valence-electron chi connectivity index (χ3n) is 2.29. The van der Waals surface area contributed by atoms with E-state index in [0.717, 1.165) is 12.8 Å². The number of pyridine rings is 1. The fourth-order valence-electron chi connectivity index (χ4n) is 1.39. The van der Waals surface area contributed by atoms with Crippen LogP contribution in [0.25, 0.3) is 0 Å². The third kappa shape index (κ3) is 3.11. The molecular formula is C11H16N4O. The first-order chi connectivity index (χ1) is 7.69. The van der Waals surface area contributed by atoms with Crippen molar-refractivity contribution in [2.45, 2.75) is 25.8 Å². The molecule has 0 aromatic carbocycles. The summed E-state index contributed by atoms with van der Waals surface area (Å²) in [7, 11) is 0. The van der Waals surface area contributed by atoms with E-state index in [0.29, 0.717) is 17.1 Å². The zero-order valence-corrected chi connectivity index (χ0v) is 9.27. The van der Waals surface area contributed by atoms with Gasteiger partial charge in [0.05, 0.1) is 11.3 Å². The molecule has 0 aliphatic carbocycles. The van der Waals surface area contributed by atoms with E-state index in [1.54, 1.807) is 12.3 Å². The molecule has 86 valence electrons. The number of nitriles is 1. The van der Waals surface area contributed by atoms with E-state index in [2.05, 4.69) is 10.3 Å². The molecule has 1 aromatic heterocycles. The lowest BCUT2D eigenvalue weighted by molar-refractivity contribution is 0.282. The number of hydrogen-bond acceptors (Lipinski definition) is 5. The second-order valence-electron chi connectivity index (χ2n) is 3.64. The Kier molecular flexibility index (Phi) is 4.55. The van der Waals surface area contributed by atoms with E-state index in [9.17, 15) is 0 Å². The normalized spacial score (nSPS) is 11.8. The number of aromatic nitrogens is 1. The van der Waals surface area contributed by atoms with Gasteiger partial charge in [-0.25, -0.2) is 4.98 Å². The van der Waals surface area contributed by atoms with Gasteiger partial charge in [-0.15, -0.1) is 0 Å². The van der Waals surface area contributed by atoms with Crippen molar-refractivity contribution < 1.29 is 5.11 Å². The first-order valence-corrected chi connectivity index (χ1v) is 5.21. The highest BCUT2D eigenvalue weighted by Crippen LogP contribution is 2.20. The van der Waals surface area contributed by atoms with Gasteiger partial charge in [0.25, 0.3) is 0 Å². The number of nitrogens with zero attached hydrogens (tertiary/aromatic N) is 2. The highest BCUT2D eigenvalue weighted by molar-refractivity contribution is 5.68. The molecule has 0 radical (unpaired) electrons.